The molecule has 0 aliphatic heterocycles. The minimum atomic E-state index is -0.389. The molecule has 0 fully saturated rings. The second-order valence-electron chi connectivity index (χ2n) is 1.68. The summed E-state index contributed by atoms with van der Waals surface area (Å²) in [6.45, 7) is 8.22. The van der Waals surface area contributed by atoms with Crippen LogP contribution in [0.25, 0.3) is 0 Å². The molecular formula is C7H12NO2. The molecule has 0 N–H and O–H groups in total. The van der Waals surface area contributed by atoms with Gasteiger partial charge < -0.3 is 9.64 Å². The molecule has 10 heavy (non-hydrogen) atoms. The first kappa shape index (κ1) is 9.01. The third kappa shape index (κ3) is 2.53. The number of carbonyl (C=O) groups is 1. The van der Waals surface area contributed by atoms with Crippen molar-refractivity contribution in [2.45, 2.75) is 13.8 Å². The zero-order valence-electron chi connectivity index (χ0n) is 6.39. The lowest BCUT2D eigenvalue weighted by Crippen LogP contribution is -2.29. The summed E-state index contributed by atoms with van der Waals surface area (Å²) in [5, 5.41) is 0. The van der Waals surface area contributed by atoms with E-state index in [1.807, 2.05) is 13.8 Å². The van der Waals surface area contributed by atoms with Crippen LogP contribution in [-0.2, 0) is 4.74 Å². The van der Waals surface area contributed by atoms with Crippen LogP contribution in [0.4, 0.5) is 4.79 Å². The molecule has 0 aromatic heterocycles. The summed E-state index contributed by atoms with van der Waals surface area (Å²) in [6.07, 6.45) is 1.69. The van der Waals surface area contributed by atoms with Crippen LogP contribution >= 0.6 is 0 Å². The summed E-state index contributed by atoms with van der Waals surface area (Å²) in [5.41, 5.74) is 0. The van der Waals surface area contributed by atoms with Gasteiger partial charge in [0.15, 0.2) is 6.26 Å². The monoisotopic (exact) mass is 142 g/mol. The van der Waals surface area contributed by atoms with Crippen molar-refractivity contribution in [2.75, 3.05) is 13.1 Å². The maximum atomic E-state index is 10.8. The summed E-state index contributed by atoms with van der Waals surface area (Å²) < 4.78 is 4.41. The van der Waals surface area contributed by atoms with E-state index in [1.54, 1.807) is 0 Å². The fourth-order valence-corrected chi connectivity index (χ4v) is 0.608. The van der Waals surface area contributed by atoms with Crippen LogP contribution in [0, 0.1) is 6.26 Å². The highest BCUT2D eigenvalue weighted by Crippen LogP contribution is 1.91. The van der Waals surface area contributed by atoms with Gasteiger partial charge in [0, 0.05) is 13.1 Å². The van der Waals surface area contributed by atoms with Gasteiger partial charge in [-0.15, -0.1) is 0 Å². The molecule has 0 unspecified atom stereocenters. The molecule has 1 radical (unpaired) electrons. The van der Waals surface area contributed by atoms with Gasteiger partial charge in [-0.2, -0.15) is 0 Å². The predicted octanol–water partition coefficient (Wildman–Crippen LogP) is 1.41. The molecule has 0 bridgehead atoms. The molecule has 3 nitrogen and oxygen atoms in total. The maximum absolute atomic E-state index is 10.8. The van der Waals surface area contributed by atoms with E-state index in [9.17, 15) is 4.79 Å². The van der Waals surface area contributed by atoms with E-state index in [1.165, 1.54) is 4.90 Å². The summed E-state index contributed by atoms with van der Waals surface area (Å²) in [4.78, 5) is 12.3. The van der Waals surface area contributed by atoms with E-state index < -0.39 is 0 Å². The van der Waals surface area contributed by atoms with E-state index in [0.29, 0.717) is 13.1 Å². The average Bonchev–Trinajstić information content (AvgIpc) is 1.91. The van der Waals surface area contributed by atoms with E-state index >= 15 is 0 Å². The van der Waals surface area contributed by atoms with Gasteiger partial charge in [-0.05, 0) is 13.8 Å². The Morgan fingerprint density at radius 3 is 2.40 bits per heavy atom. The minimum Gasteiger partial charge on any atom is -0.407 e. The lowest BCUT2D eigenvalue weighted by molar-refractivity contribution is 0.137. The van der Waals surface area contributed by atoms with Crippen molar-refractivity contribution in [3.63, 3.8) is 0 Å². The molecule has 0 aliphatic rings. The molecule has 0 atom stereocenters. The van der Waals surface area contributed by atoms with Gasteiger partial charge in [0.25, 0.3) is 0 Å². The topological polar surface area (TPSA) is 29.5 Å². The Balaban J connectivity index is 3.76. The molecule has 0 aromatic rings. The fraction of sp³-hybridized carbons (Fsp3) is 0.571. The van der Waals surface area contributed by atoms with Gasteiger partial charge >= 0.3 is 6.09 Å². The first-order valence-corrected chi connectivity index (χ1v) is 3.24. The van der Waals surface area contributed by atoms with Crippen molar-refractivity contribution in [1.29, 1.82) is 0 Å². The van der Waals surface area contributed by atoms with E-state index in [2.05, 4.69) is 17.6 Å². The number of hydrogen-bond acceptors (Lipinski definition) is 2. The lowest BCUT2D eigenvalue weighted by Gasteiger charge is -2.15. The summed E-state index contributed by atoms with van der Waals surface area (Å²) >= 11 is 0. The third-order valence-corrected chi connectivity index (χ3v) is 1.18. The first-order chi connectivity index (χ1) is 4.76. The number of rotatable bonds is 3. The Morgan fingerprint density at radius 2 is 2.10 bits per heavy atom. The number of carbonyl (C=O) groups excluding carboxylic acids is 1. The van der Waals surface area contributed by atoms with Crippen LogP contribution in [0.3, 0.4) is 0 Å². The largest absolute Gasteiger partial charge is 0.415 e. The standard InChI is InChI=1S/C7H12NO2/c1-4-8(5-2)7(9)10-6-3/h3-5H2,1-2H3. The zero-order valence-corrected chi connectivity index (χ0v) is 6.39. The molecule has 0 heterocycles. The normalized spacial score (nSPS) is 8.60. The smallest absolute Gasteiger partial charge is 0.407 e. The lowest BCUT2D eigenvalue weighted by atomic mass is 10.6. The zero-order chi connectivity index (χ0) is 7.98. The van der Waals surface area contributed by atoms with Crippen LogP contribution in [-0.4, -0.2) is 24.1 Å². The van der Waals surface area contributed by atoms with Gasteiger partial charge in [-0.25, -0.2) is 4.79 Å². The molecule has 0 aliphatic carbocycles. The minimum absolute atomic E-state index is 0.389. The van der Waals surface area contributed by atoms with Crippen LogP contribution in [0.5, 0.6) is 0 Å². The Kier molecular flexibility index (Phi) is 4.37. The highest BCUT2D eigenvalue weighted by molar-refractivity contribution is 5.67. The van der Waals surface area contributed by atoms with Crippen molar-refractivity contribution >= 4 is 6.09 Å². The average molecular weight is 142 g/mol. The van der Waals surface area contributed by atoms with Crippen LogP contribution in [0.2, 0.25) is 0 Å². The highest BCUT2D eigenvalue weighted by Gasteiger charge is 2.07. The molecule has 1 amide bonds. The maximum Gasteiger partial charge on any atom is 0.415 e. The van der Waals surface area contributed by atoms with Crippen molar-refractivity contribution in [3.05, 3.63) is 12.8 Å². The highest BCUT2D eigenvalue weighted by atomic mass is 16.5. The Labute approximate surface area is 61.3 Å². The van der Waals surface area contributed by atoms with Crippen molar-refractivity contribution < 1.29 is 9.53 Å². The van der Waals surface area contributed by atoms with Gasteiger partial charge in [0.2, 0.25) is 0 Å². The summed E-state index contributed by atoms with van der Waals surface area (Å²) in [5.74, 6) is 0. The first-order valence-electron chi connectivity index (χ1n) is 3.24. The SMILES string of the molecule is C=[C]OC(=O)N(CC)CC. The Bertz CT molecular complexity index is 119. The van der Waals surface area contributed by atoms with Crippen molar-refractivity contribution in [1.82, 2.24) is 4.90 Å². The molecule has 0 spiro atoms. The van der Waals surface area contributed by atoms with E-state index in [4.69, 9.17) is 0 Å². The Hall–Kier alpha value is -0.990. The second-order valence-corrected chi connectivity index (χ2v) is 1.68. The Morgan fingerprint density at radius 1 is 1.60 bits per heavy atom. The van der Waals surface area contributed by atoms with Gasteiger partial charge in [0.1, 0.15) is 0 Å². The van der Waals surface area contributed by atoms with Gasteiger partial charge in [-0.3, -0.25) is 0 Å². The molecule has 3 heteroatoms. The summed E-state index contributed by atoms with van der Waals surface area (Å²) in [7, 11) is 0. The molecule has 57 valence electrons. The second kappa shape index (κ2) is 4.85. The molecular weight excluding hydrogens is 130 g/mol. The third-order valence-electron chi connectivity index (χ3n) is 1.18. The van der Waals surface area contributed by atoms with E-state index in [0.717, 1.165) is 0 Å². The molecule has 0 saturated carbocycles. The number of amides is 1. The number of hydrogen-bond donors (Lipinski definition) is 0. The number of ether oxygens (including phenoxy) is 1. The molecule has 0 aromatic carbocycles. The van der Waals surface area contributed by atoms with Crippen LogP contribution < -0.4 is 0 Å². The van der Waals surface area contributed by atoms with Crippen molar-refractivity contribution in [3.8, 4) is 0 Å². The predicted molar refractivity (Wildman–Crippen MR) is 38.3 cm³/mol. The quantitative estimate of drug-likeness (QED) is 0.557. The summed E-state index contributed by atoms with van der Waals surface area (Å²) in [6, 6.07) is 0. The molecule has 0 rings (SSSR count). The molecule has 0 saturated heterocycles. The fourth-order valence-electron chi connectivity index (χ4n) is 0.608. The van der Waals surface area contributed by atoms with Crippen molar-refractivity contribution in [2.24, 2.45) is 0 Å². The van der Waals surface area contributed by atoms with Gasteiger partial charge in [-0.1, -0.05) is 6.58 Å². The van der Waals surface area contributed by atoms with Crippen LogP contribution in [0.1, 0.15) is 13.8 Å². The number of nitrogens with zero attached hydrogens (tertiary/aromatic N) is 1. The van der Waals surface area contributed by atoms with Crippen LogP contribution in [0.15, 0.2) is 6.58 Å². The van der Waals surface area contributed by atoms with Gasteiger partial charge in [0.05, 0.1) is 0 Å². The van der Waals surface area contributed by atoms with E-state index in [-0.39, 0.29) is 6.09 Å².